The number of ketones is 1. The second kappa shape index (κ2) is 6.29. The number of nitriles is 1. The van der Waals surface area contributed by atoms with Crippen molar-refractivity contribution in [3.8, 4) is 6.07 Å². The number of hydrogen-bond acceptors (Lipinski definition) is 5. The topological polar surface area (TPSA) is 99.2 Å². The second-order valence-electron chi connectivity index (χ2n) is 7.54. The van der Waals surface area contributed by atoms with Gasteiger partial charge in [-0.1, -0.05) is 18.2 Å². The molecule has 0 aromatic heterocycles. The first-order valence-corrected chi connectivity index (χ1v) is 9.64. The number of nitrogens with zero attached hydrogens (tertiary/aromatic N) is 2. The van der Waals surface area contributed by atoms with E-state index in [1.165, 1.54) is 18.2 Å². The van der Waals surface area contributed by atoms with E-state index in [-0.39, 0.29) is 34.7 Å². The minimum absolute atomic E-state index is 0.0674. The molecule has 0 saturated carbocycles. The van der Waals surface area contributed by atoms with Gasteiger partial charge in [0.15, 0.2) is 5.78 Å². The van der Waals surface area contributed by atoms with E-state index < -0.39 is 17.1 Å². The summed E-state index contributed by atoms with van der Waals surface area (Å²) in [5.41, 5.74) is 6.80. The summed E-state index contributed by atoms with van der Waals surface area (Å²) in [6.07, 6.45) is 1.36. The minimum Gasteiger partial charge on any atom is -0.384 e. The third kappa shape index (κ3) is 2.16. The van der Waals surface area contributed by atoms with E-state index in [9.17, 15) is 19.2 Å². The number of fused-ring (bicyclic) bond motifs is 3. The van der Waals surface area contributed by atoms with Crippen LogP contribution in [-0.4, -0.2) is 11.7 Å². The third-order valence-electron chi connectivity index (χ3n) is 6.00. The molecular formula is C23H17FN4O2. The zero-order chi connectivity index (χ0) is 21.0. The Morgan fingerprint density at radius 3 is 2.63 bits per heavy atom. The van der Waals surface area contributed by atoms with Crippen LogP contribution in [0.25, 0.3) is 0 Å². The van der Waals surface area contributed by atoms with E-state index in [1.54, 1.807) is 4.90 Å². The van der Waals surface area contributed by atoms with Crippen molar-refractivity contribution in [3.63, 3.8) is 0 Å². The fourth-order valence-electron chi connectivity index (χ4n) is 4.83. The predicted molar refractivity (Wildman–Crippen MR) is 108 cm³/mol. The lowest BCUT2D eigenvalue weighted by Gasteiger charge is -2.43. The van der Waals surface area contributed by atoms with Gasteiger partial charge in [-0.15, -0.1) is 0 Å². The summed E-state index contributed by atoms with van der Waals surface area (Å²) in [5.74, 6) is -1.27. The lowest BCUT2D eigenvalue weighted by Crippen LogP contribution is -2.50. The number of Topliss-reactive ketones (excluding diaryl/α,β-unsaturated/α-hetero) is 1. The quantitative estimate of drug-likeness (QED) is 0.766. The highest BCUT2D eigenvalue weighted by atomic mass is 19.1. The maximum atomic E-state index is 14.2. The molecule has 148 valence electrons. The first-order chi connectivity index (χ1) is 14.5. The Hall–Kier alpha value is -3.92. The van der Waals surface area contributed by atoms with E-state index in [0.717, 1.165) is 0 Å². The summed E-state index contributed by atoms with van der Waals surface area (Å²) in [6.45, 7) is 0. The number of amides is 1. The van der Waals surface area contributed by atoms with Crippen LogP contribution < -0.4 is 16.0 Å². The molecule has 1 atom stereocenters. The summed E-state index contributed by atoms with van der Waals surface area (Å²) in [6, 6.07) is 15.1. The molecule has 30 heavy (non-hydrogen) atoms. The Balaban J connectivity index is 1.90. The smallest absolute Gasteiger partial charge is 0.245 e. The van der Waals surface area contributed by atoms with Crippen molar-refractivity contribution in [3.05, 3.63) is 82.6 Å². The normalized spacial score (nSPS) is 22.7. The maximum absolute atomic E-state index is 14.2. The van der Waals surface area contributed by atoms with Crippen LogP contribution in [0.15, 0.2) is 71.2 Å². The molecule has 6 nitrogen and oxygen atoms in total. The molecule has 2 aromatic rings. The fraction of sp³-hybridized carbons (Fsp3) is 0.174. The molecular weight excluding hydrogens is 383 g/mol. The summed E-state index contributed by atoms with van der Waals surface area (Å²) < 4.78 is 14.2. The number of allylic oxidation sites excluding steroid dienone is 1. The van der Waals surface area contributed by atoms with Crippen LogP contribution in [0.3, 0.4) is 0 Å². The number of nitrogens with two attached hydrogens (primary N) is 1. The number of rotatable bonds is 1. The van der Waals surface area contributed by atoms with Gasteiger partial charge < -0.3 is 11.1 Å². The van der Waals surface area contributed by atoms with Gasteiger partial charge in [0.1, 0.15) is 23.1 Å². The van der Waals surface area contributed by atoms with Crippen molar-refractivity contribution in [1.29, 1.82) is 5.26 Å². The molecule has 0 bridgehead atoms. The first-order valence-electron chi connectivity index (χ1n) is 9.64. The van der Waals surface area contributed by atoms with Gasteiger partial charge in [0, 0.05) is 34.6 Å². The van der Waals surface area contributed by atoms with Crippen molar-refractivity contribution < 1.29 is 14.0 Å². The Morgan fingerprint density at radius 2 is 1.90 bits per heavy atom. The van der Waals surface area contributed by atoms with Crippen molar-refractivity contribution in [2.24, 2.45) is 5.73 Å². The SMILES string of the molecule is N#CC1=C(N)N(c2ccccc2)C2=C(C(=O)CCC2)C12C(=O)Nc1ccc(F)cc12. The molecule has 0 radical (unpaired) electrons. The number of nitrogens with one attached hydrogen (secondary N) is 1. The Bertz CT molecular complexity index is 1230. The molecule has 1 spiro atoms. The zero-order valence-electron chi connectivity index (χ0n) is 15.9. The molecule has 2 heterocycles. The van der Waals surface area contributed by atoms with Crippen LogP contribution >= 0.6 is 0 Å². The van der Waals surface area contributed by atoms with Crippen LogP contribution in [0.5, 0.6) is 0 Å². The van der Waals surface area contributed by atoms with Crippen molar-refractivity contribution in [2.45, 2.75) is 24.7 Å². The molecule has 1 unspecified atom stereocenters. The standard InChI is InChI=1S/C23H17FN4O2/c24-13-9-10-17-15(11-13)23(22(30)27-17)16(12-25)21(26)28(14-5-2-1-3-6-14)18-7-4-8-19(29)20(18)23/h1-3,5-6,9-11H,4,7-8,26H2,(H,27,30). The summed E-state index contributed by atoms with van der Waals surface area (Å²) >= 11 is 0. The number of para-hydroxylation sites is 1. The predicted octanol–water partition coefficient (Wildman–Crippen LogP) is 3.24. The highest BCUT2D eigenvalue weighted by Crippen LogP contribution is 2.55. The highest BCUT2D eigenvalue weighted by Gasteiger charge is 2.60. The number of carbonyl (C=O) groups is 2. The Morgan fingerprint density at radius 1 is 1.13 bits per heavy atom. The average molecular weight is 400 g/mol. The Kier molecular flexibility index (Phi) is 3.80. The molecule has 1 amide bonds. The van der Waals surface area contributed by atoms with Crippen LogP contribution in [0.2, 0.25) is 0 Å². The van der Waals surface area contributed by atoms with Gasteiger partial charge in [-0.05, 0) is 43.2 Å². The largest absolute Gasteiger partial charge is 0.384 e. The molecule has 7 heteroatoms. The number of halogens is 1. The van der Waals surface area contributed by atoms with E-state index in [1.807, 2.05) is 30.3 Å². The molecule has 2 aliphatic heterocycles. The number of anilines is 2. The maximum Gasteiger partial charge on any atom is 0.245 e. The highest BCUT2D eigenvalue weighted by molar-refractivity contribution is 6.19. The van der Waals surface area contributed by atoms with Crippen molar-refractivity contribution >= 4 is 23.1 Å². The van der Waals surface area contributed by atoms with E-state index in [4.69, 9.17) is 5.73 Å². The second-order valence-corrected chi connectivity index (χ2v) is 7.54. The van der Waals surface area contributed by atoms with Gasteiger partial charge in [0.05, 0.1) is 5.57 Å². The van der Waals surface area contributed by atoms with Gasteiger partial charge in [0.2, 0.25) is 5.91 Å². The van der Waals surface area contributed by atoms with Gasteiger partial charge in [-0.3, -0.25) is 14.5 Å². The lowest BCUT2D eigenvalue weighted by atomic mass is 9.64. The van der Waals surface area contributed by atoms with Gasteiger partial charge in [-0.2, -0.15) is 5.26 Å². The van der Waals surface area contributed by atoms with Crippen LogP contribution in [-0.2, 0) is 15.0 Å². The average Bonchev–Trinajstić information content (AvgIpc) is 3.01. The van der Waals surface area contributed by atoms with E-state index in [0.29, 0.717) is 29.9 Å². The first kappa shape index (κ1) is 18.1. The zero-order valence-corrected chi connectivity index (χ0v) is 15.9. The van der Waals surface area contributed by atoms with Gasteiger partial charge in [0.25, 0.3) is 0 Å². The number of hydrogen-bond donors (Lipinski definition) is 2. The summed E-state index contributed by atoms with van der Waals surface area (Å²) in [7, 11) is 0. The molecule has 5 rings (SSSR count). The molecule has 3 N–H and O–H groups in total. The van der Waals surface area contributed by atoms with E-state index >= 15 is 0 Å². The van der Waals surface area contributed by atoms with Crippen LogP contribution in [0.4, 0.5) is 15.8 Å². The fourth-order valence-corrected chi connectivity index (χ4v) is 4.83. The minimum atomic E-state index is -1.74. The van der Waals surface area contributed by atoms with Gasteiger partial charge in [-0.25, -0.2) is 4.39 Å². The third-order valence-corrected chi connectivity index (χ3v) is 6.00. The van der Waals surface area contributed by atoms with Crippen molar-refractivity contribution in [1.82, 2.24) is 0 Å². The van der Waals surface area contributed by atoms with Crippen LogP contribution in [0.1, 0.15) is 24.8 Å². The lowest BCUT2D eigenvalue weighted by molar-refractivity contribution is -0.122. The molecule has 1 aliphatic carbocycles. The summed E-state index contributed by atoms with van der Waals surface area (Å²) in [4.78, 5) is 28.3. The molecule has 2 aromatic carbocycles. The molecule has 0 fully saturated rings. The molecule has 0 saturated heterocycles. The number of benzene rings is 2. The van der Waals surface area contributed by atoms with E-state index in [2.05, 4.69) is 11.4 Å². The van der Waals surface area contributed by atoms with Gasteiger partial charge >= 0.3 is 0 Å². The monoisotopic (exact) mass is 400 g/mol. The summed E-state index contributed by atoms with van der Waals surface area (Å²) in [5, 5.41) is 12.8. The Labute approximate surface area is 172 Å². The van der Waals surface area contributed by atoms with Crippen molar-refractivity contribution in [2.75, 3.05) is 10.2 Å². The molecule has 3 aliphatic rings. The van der Waals surface area contributed by atoms with Crippen LogP contribution in [0, 0.1) is 17.1 Å². The number of carbonyl (C=O) groups excluding carboxylic acids is 2.